The molecule has 0 aliphatic carbocycles. The van der Waals surface area contributed by atoms with Crippen molar-refractivity contribution < 1.29 is 4.79 Å². The largest absolute Gasteiger partial charge is 0.393 e. The Hall–Kier alpha value is -0.640. The predicted octanol–water partition coefficient (Wildman–Crippen LogP) is 2.09. The van der Waals surface area contributed by atoms with Crippen molar-refractivity contribution in [2.75, 3.05) is 13.1 Å². The molecule has 0 unspecified atom stereocenters. The van der Waals surface area contributed by atoms with E-state index in [1.165, 1.54) is 0 Å². The van der Waals surface area contributed by atoms with Crippen molar-refractivity contribution in [3.63, 3.8) is 0 Å². The highest BCUT2D eigenvalue weighted by Gasteiger charge is 2.23. The van der Waals surface area contributed by atoms with E-state index in [1.807, 2.05) is 4.90 Å². The molecule has 2 N–H and O–H groups in total. The molecule has 0 spiro atoms. The predicted molar refractivity (Wildman–Crippen MR) is 70.2 cm³/mol. The van der Waals surface area contributed by atoms with Gasteiger partial charge >= 0.3 is 0 Å². The first-order valence-electron chi connectivity index (χ1n) is 6.22. The van der Waals surface area contributed by atoms with Gasteiger partial charge in [-0.25, -0.2) is 0 Å². The molecule has 0 saturated carbocycles. The van der Waals surface area contributed by atoms with Gasteiger partial charge in [0.05, 0.1) is 4.99 Å². The highest BCUT2D eigenvalue weighted by atomic mass is 32.1. The SMILES string of the molecule is CCCCCC(=O)N1CCC(C(N)=S)CC1. The molecule has 1 rings (SSSR count). The Balaban J connectivity index is 2.25. The molecule has 16 heavy (non-hydrogen) atoms. The summed E-state index contributed by atoms with van der Waals surface area (Å²) < 4.78 is 0. The molecule has 4 heteroatoms. The minimum Gasteiger partial charge on any atom is -0.393 e. The lowest BCUT2D eigenvalue weighted by molar-refractivity contribution is -0.132. The minimum atomic E-state index is 0.301. The number of carbonyl (C=O) groups excluding carboxylic acids is 1. The second-order valence-electron chi connectivity index (χ2n) is 4.51. The average molecular weight is 242 g/mol. The van der Waals surface area contributed by atoms with E-state index in [0.29, 0.717) is 23.2 Å². The van der Waals surface area contributed by atoms with Gasteiger partial charge in [0.1, 0.15) is 0 Å². The highest BCUT2D eigenvalue weighted by Crippen LogP contribution is 2.18. The molecule has 1 aliphatic heterocycles. The van der Waals surface area contributed by atoms with Gasteiger partial charge in [-0.3, -0.25) is 4.79 Å². The molecular weight excluding hydrogens is 220 g/mol. The van der Waals surface area contributed by atoms with Crippen LogP contribution in [0.4, 0.5) is 0 Å². The van der Waals surface area contributed by atoms with Gasteiger partial charge in [0, 0.05) is 25.4 Å². The third kappa shape index (κ3) is 4.08. The Morgan fingerprint density at radius 3 is 2.50 bits per heavy atom. The van der Waals surface area contributed by atoms with E-state index in [1.54, 1.807) is 0 Å². The Morgan fingerprint density at radius 1 is 1.38 bits per heavy atom. The molecule has 1 fully saturated rings. The quantitative estimate of drug-likeness (QED) is 0.593. The van der Waals surface area contributed by atoms with E-state index >= 15 is 0 Å². The van der Waals surface area contributed by atoms with Gasteiger partial charge < -0.3 is 10.6 Å². The van der Waals surface area contributed by atoms with Gasteiger partial charge in [0.25, 0.3) is 0 Å². The summed E-state index contributed by atoms with van der Waals surface area (Å²) in [5, 5.41) is 0. The van der Waals surface area contributed by atoms with E-state index in [0.717, 1.165) is 45.2 Å². The first kappa shape index (κ1) is 13.4. The van der Waals surface area contributed by atoms with Crippen molar-refractivity contribution in [3.8, 4) is 0 Å². The van der Waals surface area contributed by atoms with Crippen LogP contribution in [0.15, 0.2) is 0 Å². The molecule has 1 amide bonds. The topological polar surface area (TPSA) is 46.3 Å². The molecule has 0 radical (unpaired) electrons. The van der Waals surface area contributed by atoms with Gasteiger partial charge in [0.15, 0.2) is 0 Å². The second kappa shape index (κ2) is 6.84. The fourth-order valence-corrected chi connectivity index (χ4v) is 2.33. The number of hydrogen-bond donors (Lipinski definition) is 1. The van der Waals surface area contributed by atoms with Crippen LogP contribution in [0, 0.1) is 5.92 Å². The average Bonchev–Trinajstić information content (AvgIpc) is 2.29. The van der Waals surface area contributed by atoms with E-state index < -0.39 is 0 Å². The fourth-order valence-electron chi connectivity index (χ4n) is 2.10. The number of piperidine rings is 1. The number of rotatable bonds is 5. The molecule has 0 atom stereocenters. The third-order valence-electron chi connectivity index (χ3n) is 3.24. The van der Waals surface area contributed by atoms with Crippen LogP contribution in [0.25, 0.3) is 0 Å². The van der Waals surface area contributed by atoms with Crippen molar-refractivity contribution in [2.24, 2.45) is 11.7 Å². The van der Waals surface area contributed by atoms with Crippen LogP contribution in [-0.4, -0.2) is 28.9 Å². The summed E-state index contributed by atoms with van der Waals surface area (Å²) in [5.74, 6) is 0.643. The van der Waals surface area contributed by atoms with Crippen LogP contribution < -0.4 is 5.73 Å². The summed E-state index contributed by atoms with van der Waals surface area (Å²) in [4.78, 5) is 14.4. The van der Waals surface area contributed by atoms with Gasteiger partial charge in [0.2, 0.25) is 5.91 Å². The Labute approximate surface area is 103 Å². The molecule has 1 saturated heterocycles. The molecule has 1 heterocycles. The Bertz CT molecular complexity index is 247. The van der Waals surface area contributed by atoms with Crippen LogP contribution in [-0.2, 0) is 4.79 Å². The standard InChI is InChI=1S/C12H22N2OS/c1-2-3-4-5-11(15)14-8-6-10(7-9-14)12(13)16/h10H,2-9H2,1H3,(H2,13,16). The summed E-state index contributed by atoms with van der Waals surface area (Å²) in [5.41, 5.74) is 5.61. The van der Waals surface area contributed by atoms with Gasteiger partial charge in [-0.2, -0.15) is 0 Å². The maximum atomic E-state index is 11.8. The van der Waals surface area contributed by atoms with Gasteiger partial charge in [-0.1, -0.05) is 32.0 Å². The van der Waals surface area contributed by atoms with Crippen LogP contribution in [0.2, 0.25) is 0 Å². The van der Waals surface area contributed by atoms with E-state index in [2.05, 4.69) is 6.92 Å². The van der Waals surface area contributed by atoms with E-state index in [9.17, 15) is 4.79 Å². The molecule has 0 aromatic carbocycles. The maximum Gasteiger partial charge on any atom is 0.222 e. The number of amides is 1. The zero-order valence-corrected chi connectivity index (χ0v) is 10.9. The van der Waals surface area contributed by atoms with Crippen molar-refractivity contribution in [1.29, 1.82) is 0 Å². The van der Waals surface area contributed by atoms with Crippen molar-refractivity contribution in [3.05, 3.63) is 0 Å². The lowest BCUT2D eigenvalue weighted by Crippen LogP contribution is -2.41. The molecular formula is C12H22N2OS. The van der Waals surface area contributed by atoms with Gasteiger partial charge in [-0.05, 0) is 19.3 Å². The van der Waals surface area contributed by atoms with E-state index in [4.69, 9.17) is 18.0 Å². The first-order valence-corrected chi connectivity index (χ1v) is 6.63. The number of unbranched alkanes of at least 4 members (excludes halogenated alkanes) is 2. The smallest absolute Gasteiger partial charge is 0.222 e. The van der Waals surface area contributed by atoms with Crippen LogP contribution in [0.3, 0.4) is 0 Å². The lowest BCUT2D eigenvalue weighted by atomic mass is 9.96. The van der Waals surface area contributed by atoms with E-state index in [-0.39, 0.29) is 0 Å². The van der Waals surface area contributed by atoms with Crippen LogP contribution >= 0.6 is 12.2 Å². The Kier molecular flexibility index (Phi) is 5.74. The van der Waals surface area contributed by atoms with Crippen LogP contribution in [0.5, 0.6) is 0 Å². The molecule has 3 nitrogen and oxygen atoms in total. The number of nitrogens with two attached hydrogens (primary N) is 1. The number of hydrogen-bond acceptors (Lipinski definition) is 2. The zero-order chi connectivity index (χ0) is 12.0. The van der Waals surface area contributed by atoms with Crippen LogP contribution in [0.1, 0.15) is 45.4 Å². The maximum absolute atomic E-state index is 11.8. The summed E-state index contributed by atoms with van der Waals surface area (Å²) >= 11 is 4.98. The molecule has 0 bridgehead atoms. The summed E-state index contributed by atoms with van der Waals surface area (Å²) in [7, 11) is 0. The summed E-state index contributed by atoms with van der Waals surface area (Å²) in [6.45, 7) is 3.80. The minimum absolute atomic E-state index is 0.301. The normalized spacial score (nSPS) is 17.4. The zero-order valence-electron chi connectivity index (χ0n) is 10.1. The monoisotopic (exact) mass is 242 g/mol. The van der Waals surface area contributed by atoms with Gasteiger partial charge in [-0.15, -0.1) is 0 Å². The Morgan fingerprint density at radius 2 is 2.00 bits per heavy atom. The number of nitrogens with zero attached hydrogens (tertiary/aromatic N) is 1. The second-order valence-corrected chi connectivity index (χ2v) is 4.99. The molecule has 0 aromatic heterocycles. The van der Waals surface area contributed by atoms with Crippen molar-refractivity contribution >= 4 is 23.1 Å². The number of likely N-dealkylation sites (tertiary alicyclic amines) is 1. The lowest BCUT2D eigenvalue weighted by Gasteiger charge is -2.31. The first-order chi connectivity index (χ1) is 7.65. The highest BCUT2D eigenvalue weighted by molar-refractivity contribution is 7.80. The summed E-state index contributed by atoms with van der Waals surface area (Å²) in [6.07, 6.45) is 5.91. The molecule has 1 aliphatic rings. The number of thiocarbonyl (C=S) groups is 1. The fraction of sp³-hybridized carbons (Fsp3) is 0.833. The molecule has 0 aromatic rings. The van der Waals surface area contributed by atoms with Crippen molar-refractivity contribution in [2.45, 2.75) is 45.4 Å². The third-order valence-corrected chi connectivity index (χ3v) is 3.58. The molecule has 92 valence electrons. The summed E-state index contributed by atoms with van der Waals surface area (Å²) in [6, 6.07) is 0. The van der Waals surface area contributed by atoms with Crippen molar-refractivity contribution in [1.82, 2.24) is 4.90 Å². The number of carbonyl (C=O) groups is 1.